The summed E-state index contributed by atoms with van der Waals surface area (Å²) in [5.41, 5.74) is 2.06. The molecule has 1 aromatic rings. The molecule has 1 aliphatic heterocycles. The van der Waals surface area contributed by atoms with Crippen LogP contribution in [0, 0.1) is 0 Å². The lowest BCUT2D eigenvalue weighted by atomic mass is 9.99. The standard InChI is InChI=1S/C11H19N3O3S/c1-4-18(15,16)14-6-9-5-12-13(2)11(9)10(7-14)8-17-3/h5,10H,4,6-8H2,1-3H3. The van der Waals surface area contributed by atoms with E-state index in [0.717, 1.165) is 11.3 Å². The maximum Gasteiger partial charge on any atom is 0.214 e. The lowest BCUT2D eigenvalue weighted by Crippen LogP contribution is -2.40. The normalized spacial score (nSPS) is 20.9. The summed E-state index contributed by atoms with van der Waals surface area (Å²) in [4.78, 5) is 0. The van der Waals surface area contributed by atoms with Crippen LogP contribution < -0.4 is 0 Å². The maximum atomic E-state index is 12.0. The number of hydrogen-bond donors (Lipinski definition) is 0. The molecule has 0 amide bonds. The first-order valence-corrected chi connectivity index (χ1v) is 7.58. The smallest absolute Gasteiger partial charge is 0.214 e. The van der Waals surface area contributed by atoms with Crippen LogP contribution in [0.5, 0.6) is 0 Å². The van der Waals surface area contributed by atoms with Gasteiger partial charge >= 0.3 is 0 Å². The van der Waals surface area contributed by atoms with Gasteiger partial charge in [0.2, 0.25) is 10.0 Å². The summed E-state index contributed by atoms with van der Waals surface area (Å²) in [7, 11) is 0.344. The minimum Gasteiger partial charge on any atom is -0.384 e. The van der Waals surface area contributed by atoms with Crippen molar-refractivity contribution in [2.45, 2.75) is 19.4 Å². The van der Waals surface area contributed by atoms with Crippen molar-refractivity contribution in [2.24, 2.45) is 7.05 Å². The predicted molar refractivity (Wildman–Crippen MR) is 67.7 cm³/mol. The van der Waals surface area contributed by atoms with Gasteiger partial charge in [0, 0.05) is 44.4 Å². The second-order valence-corrected chi connectivity index (χ2v) is 6.78. The Morgan fingerprint density at radius 2 is 2.28 bits per heavy atom. The van der Waals surface area contributed by atoms with Crippen LogP contribution >= 0.6 is 0 Å². The van der Waals surface area contributed by atoms with Crippen molar-refractivity contribution >= 4 is 10.0 Å². The highest BCUT2D eigenvalue weighted by Gasteiger charge is 2.33. The van der Waals surface area contributed by atoms with Crippen molar-refractivity contribution in [3.63, 3.8) is 0 Å². The van der Waals surface area contributed by atoms with Crippen LogP contribution in [-0.4, -0.2) is 48.5 Å². The lowest BCUT2D eigenvalue weighted by molar-refractivity contribution is 0.159. The van der Waals surface area contributed by atoms with Crippen molar-refractivity contribution < 1.29 is 13.2 Å². The maximum absolute atomic E-state index is 12.0. The molecule has 1 aromatic heterocycles. The molecule has 0 aliphatic carbocycles. The lowest BCUT2D eigenvalue weighted by Gasteiger charge is -2.31. The number of nitrogens with zero attached hydrogens (tertiary/aromatic N) is 3. The van der Waals surface area contributed by atoms with Gasteiger partial charge in [-0.15, -0.1) is 0 Å². The molecular weight excluding hydrogens is 254 g/mol. The summed E-state index contributed by atoms with van der Waals surface area (Å²) < 4.78 is 32.5. The number of hydrogen-bond acceptors (Lipinski definition) is 4. The highest BCUT2D eigenvalue weighted by atomic mass is 32.2. The summed E-state index contributed by atoms with van der Waals surface area (Å²) >= 11 is 0. The van der Waals surface area contributed by atoms with Gasteiger partial charge in [-0.3, -0.25) is 4.68 Å². The summed E-state index contributed by atoms with van der Waals surface area (Å²) in [6, 6.07) is 0. The van der Waals surface area contributed by atoms with Gasteiger partial charge < -0.3 is 4.74 Å². The Labute approximate surface area is 108 Å². The Morgan fingerprint density at radius 3 is 2.89 bits per heavy atom. The second-order valence-electron chi connectivity index (χ2n) is 4.52. The molecule has 0 saturated carbocycles. The van der Waals surface area contributed by atoms with E-state index in [2.05, 4.69) is 5.10 Å². The average molecular weight is 273 g/mol. The van der Waals surface area contributed by atoms with E-state index in [1.165, 1.54) is 4.31 Å². The van der Waals surface area contributed by atoms with Crippen LogP contribution in [-0.2, 0) is 28.4 Å². The van der Waals surface area contributed by atoms with E-state index in [0.29, 0.717) is 19.7 Å². The molecule has 0 radical (unpaired) electrons. The predicted octanol–water partition coefficient (Wildman–Crippen LogP) is 0.315. The van der Waals surface area contributed by atoms with E-state index in [1.54, 1.807) is 20.2 Å². The molecule has 0 saturated heterocycles. The van der Waals surface area contributed by atoms with Gasteiger partial charge in [0.25, 0.3) is 0 Å². The van der Waals surface area contributed by atoms with Gasteiger partial charge in [-0.25, -0.2) is 8.42 Å². The molecule has 1 aliphatic rings. The van der Waals surface area contributed by atoms with Crippen LogP contribution in [0.1, 0.15) is 24.1 Å². The van der Waals surface area contributed by atoms with Crippen molar-refractivity contribution in [1.82, 2.24) is 14.1 Å². The van der Waals surface area contributed by atoms with E-state index in [9.17, 15) is 8.42 Å². The van der Waals surface area contributed by atoms with Crippen LogP contribution in [0.25, 0.3) is 0 Å². The third-order valence-electron chi connectivity index (χ3n) is 3.35. The first kappa shape index (κ1) is 13.5. The Balaban J connectivity index is 2.35. The quantitative estimate of drug-likeness (QED) is 0.792. The fraction of sp³-hybridized carbons (Fsp3) is 0.727. The number of aryl methyl sites for hydroxylation is 1. The van der Waals surface area contributed by atoms with Gasteiger partial charge in [-0.2, -0.15) is 9.40 Å². The fourth-order valence-corrected chi connectivity index (χ4v) is 3.56. The van der Waals surface area contributed by atoms with E-state index >= 15 is 0 Å². The van der Waals surface area contributed by atoms with Crippen molar-refractivity contribution in [1.29, 1.82) is 0 Å². The van der Waals surface area contributed by atoms with Crippen LogP contribution in [0.3, 0.4) is 0 Å². The molecule has 7 heteroatoms. The highest BCUT2D eigenvalue weighted by molar-refractivity contribution is 7.89. The van der Waals surface area contributed by atoms with Gasteiger partial charge in [-0.1, -0.05) is 0 Å². The molecule has 1 unspecified atom stereocenters. The van der Waals surface area contributed by atoms with E-state index in [4.69, 9.17) is 4.74 Å². The molecular formula is C11H19N3O3S. The number of methoxy groups -OCH3 is 1. The number of fused-ring (bicyclic) bond motifs is 1. The minimum absolute atomic E-state index is 0.0487. The van der Waals surface area contributed by atoms with Crippen molar-refractivity contribution in [3.05, 3.63) is 17.5 Å². The summed E-state index contributed by atoms with van der Waals surface area (Å²) in [5.74, 6) is 0.176. The number of aromatic nitrogens is 2. The second kappa shape index (κ2) is 4.99. The molecule has 0 bridgehead atoms. The topological polar surface area (TPSA) is 64.4 Å². The number of ether oxygens (including phenoxy) is 1. The molecule has 2 heterocycles. The van der Waals surface area contributed by atoms with Gasteiger partial charge in [0.15, 0.2) is 0 Å². The van der Waals surface area contributed by atoms with Crippen molar-refractivity contribution in [2.75, 3.05) is 26.0 Å². The highest BCUT2D eigenvalue weighted by Crippen LogP contribution is 2.29. The van der Waals surface area contributed by atoms with Gasteiger partial charge in [-0.05, 0) is 6.92 Å². The zero-order valence-electron chi connectivity index (χ0n) is 11.0. The largest absolute Gasteiger partial charge is 0.384 e. The van der Waals surface area contributed by atoms with E-state index in [1.807, 2.05) is 11.7 Å². The average Bonchev–Trinajstić information content (AvgIpc) is 2.72. The third-order valence-corrected chi connectivity index (χ3v) is 5.14. The van der Waals surface area contributed by atoms with Crippen LogP contribution in [0.15, 0.2) is 6.20 Å². The SMILES string of the molecule is CCS(=O)(=O)N1Cc2cnn(C)c2C(COC)C1. The Bertz CT molecular complexity index is 524. The molecule has 18 heavy (non-hydrogen) atoms. The molecule has 6 nitrogen and oxygen atoms in total. The molecule has 1 atom stereocenters. The Hall–Kier alpha value is -0.920. The number of rotatable bonds is 4. The first-order chi connectivity index (χ1) is 8.49. The van der Waals surface area contributed by atoms with E-state index < -0.39 is 10.0 Å². The molecule has 102 valence electrons. The number of sulfonamides is 1. The van der Waals surface area contributed by atoms with Crippen LogP contribution in [0.2, 0.25) is 0 Å². The zero-order chi connectivity index (χ0) is 13.3. The molecule has 0 spiro atoms. The Morgan fingerprint density at radius 1 is 1.56 bits per heavy atom. The summed E-state index contributed by atoms with van der Waals surface area (Å²) in [6.45, 7) is 3.05. The molecule has 0 aromatic carbocycles. The molecule has 2 rings (SSSR count). The first-order valence-electron chi connectivity index (χ1n) is 5.97. The summed E-state index contributed by atoms with van der Waals surface area (Å²) in [6.07, 6.45) is 1.75. The third kappa shape index (κ3) is 2.30. The summed E-state index contributed by atoms with van der Waals surface area (Å²) in [5, 5.41) is 4.21. The Kier molecular flexibility index (Phi) is 3.74. The fourth-order valence-electron chi connectivity index (χ4n) is 2.45. The van der Waals surface area contributed by atoms with Gasteiger partial charge in [0.05, 0.1) is 18.6 Å². The van der Waals surface area contributed by atoms with Gasteiger partial charge in [0.1, 0.15) is 0 Å². The monoisotopic (exact) mass is 273 g/mol. The van der Waals surface area contributed by atoms with Crippen LogP contribution in [0.4, 0.5) is 0 Å². The minimum atomic E-state index is -3.17. The molecule has 0 fully saturated rings. The van der Waals surface area contributed by atoms with E-state index in [-0.39, 0.29) is 11.7 Å². The molecule has 0 N–H and O–H groups in total. The zero-order valence-corrected chi connectivity index (χ0v) is 11.8. The van der Waals surface area contributed by atoms with Crippen molar-refractivity contribution in [3.8, 4) is 0 Å².